The fourth-order valence-electron chi connectivity index (χ4n) is 3.42. The van der Waals surface area contributed by atoms with Gasteiger partial charge < -0.3 is 25.0 Å². The molecule has 3 N–H and O–H groups in total. The van der Waals surface area contributed by atoms with Crippen molar-refractivity contribution in [2.24, 2.45) is 7.05 Å². The highest BCUT2D eigenvalue weighted by molar-refractivity contribution is 5.91. The van der Waals surface area contributed by atoms with Gasteiger partial charge in [0.25, 0.3) is 11.5 Å². The summed E-state index contributed by atoms with van der Waals surface area (Å²) in [4.78, 5) is 37.2. The lowest BCUT2D eigenvalue weighted by molar-refractivity contribution is -0.143. The molecule has 0 spiro atoms. The summed E-state index contributed by atoms with van der Waals surface area (Å²) in [5.41, 5.74) is -1.43. The van der Waals surface area contributed by atoms with Crippen LogP contribution in [0.1, 0.15) is 37.4 Å². The Morgan fingerprint density at radius 3 is 2.61 bits per heavy atom. The van der Waals surface area contributed by atoms with Crippen molar-refractivity contribution in [3.8, 4) is 5.75 Å². The maximum Gasteiger partial charge on any atom is 0.319 e. The van der Waals surface area contributed by atoms with Crippen LogP contribution in [0.4, 0.5) is 19.3 Å². The topological polar surface area (TPSA) is 110 Å². The van der Waals surface area contributed by atoms with E-state index in [1.807, 2.05) is 0 Å². The van der Waals surface area contributed by atoms with Gasteiger partial charge >= 0.3 is 12.0 Å². The van der Waals surface area contributed by atoms with E-state index in [2.05, 4.69) is 23.8 Å². The Morgan fingerprint density at radius 2 is 2.00 bits per heavy atom. The molecule has 2 aromatic rings. The molecular formula is C26H29F2N3O5. The molecule has 0 saturated heterocycles. The van der Waals surface area contributed by atoms with E-state index < -0.39 is 35.3 Å². The van der Waals surface area contributed by atoms with Crippen molar-refractivity contribution >= 4 is 17.7 Å². The predicted octanol–water partition coefficient (Wildman–Crippen LogP) is 4.69. The maximum atomic E-state index is 15.3. The Labute approximate surface area is 207 Å². The highest BCUT2D eigenvalue weighted by Gasteiger charge is 2.37. The molecule has 0 aliphatic heterocycles. The third-order valence-electron chi connectivity index (χ3n) is 5.20. The van der Waals surface area contributed by atoms with Crippen LogP contribution < -0.4 is 16.2 Å². The normalized spacial score (nSPS) is 12.4. The number of carbonyl (C=O) groups excluding carboxylic acids is 2. The van der Waals surface area contributed by atoms with Gasteiger partial charge in [-0.1, -0.05) is 43.5 Å². The number of amides is 2. The Balaban J connectivity index is 2.44. The molecule has 192 valence electrons. The molecule has 0 unspecified atom stereocenters. The van der Waals surface area contributed by atoms with Gasteiger partial charge in [0.05, 0.1) is 19.1 Å². The molecule has 10 heteroatoms. The van der Waals surface area contributed by atoms with Gasteiger partial charge in [-0.25, -0.2) is 4.79 Å². The van der Waals surface area contributed by atoms with E-state index in [1.165, 1.54) is 62.7 Å². The molecule has 36 heavy (non-hydrogen) atoms. The number of hydrogen-bond acceptors (Lipinski definition) is 5. The molecule has 8 nitrogen and oxygen atoms in total. The summed E-state index contributed by atoms with van der Waals surface area (Å²) in [6.07, 6.45) is 3.35. The molecule has 1 heterocycles. The number of allylic oxidation sites excluding steroid dienone is 4. The summed E-state index contributed by atoms with van der Waals surface area (Å²) in [7, 11) is 1.43. The van der Waals surface area contributed by atoms with Crippen molar-refractivity contribution < 1.29 is 28.2 Å². The standard InChI is InChI=1S/C26H29F2N3O5/c1-6-9-19(16(3)4)26(27,28)18-11-8-10-17(14-18)20(15-22(33)36-7-2)29-25(35)30-23-21(32)12-13-31(5)24(23)34/h6,8-14,20,32H,1,3,7,15H2,2,4-5H3,(H2,29,30,35)/b19-9+/t20-/m1/s1. The Hall–Kier alpha value is -4.21. The van der Waals surface area contributed by atoms with E-state index in [4.69, 9.17) is 4.74 Å². The molecule has 1 aromatic carbocycles. The van der Waals surface area contributed by atoms with E-state index in [1.54, 1.807) is 6.92 Å². The van der Waals surface area contributed by atoms with Gasteiger partial charge in [-0.2, -0.15) is 8.78 Å². The van der Waals surface area contributed by atoms with Gasteiger partial charge in [0.2, 0.25) is 0 Å². The van der Waals surface area contributed by atoms with E-state index in [9.17, 15) is 19.5 Å². The van der Waals surface area contributed by atoms with Crippen LogP contribution in [0, 0.1) is 0 Å². The van der Waals surface area contributed by atoms with E-state index in [-0.39, 0.29) is 41.0 Å². The average molecular weight is 502 g/mol. The molecule has 0 aliphatic rings. The van der Waals surface area contributed by atoms with Gasteiger partial charge in [0.15, 0.2) is 5.69 Å². The number of aryl methyl sites for hydroxylation is 1. The monoisotopic (exact) mass is 501 g/mol. The summed E-state index contributed by atoms with van der Waals surface area (Å²) in [5.74, 6) is -4.57. The van der Waals surface area contributed by atoms with Crippen LogP contribution in [0.2, 0.25) is 0 Å². The second-order valence-corrected chi connectivity index (χ2v) is 7.95. The maximum absolute atomic E-state index is 15.3. The average Bonchev–Trinajstić information content (AvgIpc) is 2.82. The first kappa shape index (κ1) is 28.0. The molecule has 0 bridgehead atoms. The largest absolute Gasteiger partial charge is 0.505 e. The zero-order valence-corrected chi connectivity index (χ0v) is 20.3. The smallest absolute Gasteiger partial charge is 0.319 e. The molecule has 1 aromatic heterocycles. The summed E-state index contributed by atoms with van der Waals surface area (Å²) in [6, 6.07) is 4.42. The number of alkyl halides is 2. The van der Waals surface area contributed by atoms with Gasteiger partial charge in [-0.3, -0.25) is 9.59 Å². The zero-order chi connectivity index (χ0) is 27.0. The van der Waals surface area contributed by atoms with Gasteiger partial charge in [-0.05, 0) is 37.1 Å². The third-order valence-corrected chi connectivity index (χ3v) is 5.20. The molecule has 2 rings (SSSR count). The lowest BCUT2D eigenvalue weighted by Gasteiger charge is -2.24. The van der Waals surface area contributed by atoms with Crippen molar-refractivity contribution in [2.75, 3.05) is 11.9 Å². The van der Waals surface area contributed by atoms with Gasteiger partial charge in [-0.15, -0.1) is 0 Å². The van der Waals surface area contributed by atoms with Crippen molar-refractivity contribution in [2.45, 2.75) is 32.2 Å². The number of nitrogens with one attached hydrogen (secondary N) is 2. The number of pyridine rings is 1. The second-order valence-electron chi connectivity index (χ2n) is 7.95. The number of rotatable bonds is 10. The van der Waals surface area contributed by atoms with Crippen molar-refractivity contribution in [3.63, 3.8) is 0 Å². The van der Waals surface area contributed by atoms with Crippen LogP contribution in [-0.2, 0) is 22.5 Å². The van der Waals surface area contributed by atoms with Crippen LogP contribution >= 0.6 is 0 Å². The summed E-state index contributed by atoms with van der Waals surface area (Å²) >= 11 is 0. The first-order valence-electron chi connectivity index (χ1n) is 11.0. The fraction of sp³-hybridized carbons (Fsp3) is 0.269. The number of halogens is 2. The zero-order valence-electron chi connectivity index (χ0n) is 20.3. The number of aromatic nitrogens is 1. The van der Waals surface area contributed by atoms with E-state index in [0.29, 0.717) is 0 Å². The Kier molecular flexibility index (Phi) is 9.32. The number of nitrogens with zero attached hydrogens (tertiary/aromatic N) is 1. The number of anilines is 1. The Morgan fingerprint density at radius 1 is 1.31 bits per heavy atom. The number of carbonyl (C=O) groups is 2. The Bertz CT molecular complexity index is 1250. The number of urea groups is 1. The van der Waals surface area contributed by atoms with Crippen LogP contribution in [0.25, 0.3) is 0 Å². The van der Waals surface area contributed by atoms with Crippen molar-refractivity contribution in [1.82, 2.24) is 9.88 Å². The highest BCUT2D eigenvalue weighted by Crippen LogP contribution is 2.40. The molecule has 1 atom stereocenters. The minimum Gasteiger partial charge on any atom is -0.505 e. The van der Waals surface area contributed by atoms with Crippen LogP contribution in [0.15, 0.2) is 77.8 Å². The molecule has 0 aliphatic carbocycles. The van der Waals surface area contributed by atoms with E-state index in [0.717, 1.165) is 4.57 Å². The molecule has 0 fully saturated rings. The number of benzene rings is 1. The summed E-state index contributed by atoms with van der Waals surface area (Å²) < 4.78 is 36.8. The summed E-state index contributed by atoms with van der Waals surface area (Å²) in [6.45, 7) is 10.2. The first-order chi connectivity index (χ1) is 16.9. The second kappa shape index (κ2) is 12.0. The SMILES string of the molecule is C=C/C=C(\C(=C)C)C(F)(F)c1cccc([C@@H](CC(=O)OCC)NC(=O)Nc2c(O)ccn(C)c2=O)c1. The molecule has 0 radical (unpaired) electrons. The minimum atomic E-state index is -3.44. The van der Waals surface area contributed by atoms with Crippen LogP contribution in [0.3, 0.4) is 0 Å². The minimum absolute atomic E-state index is 0.0815. The predicted molar refractivity (Wildman–Crippen MR) is 133 cm³/mol. The van der Waals surface area contributed by atoms with E-state index >= 15 is 8.78 Å². The lowest BCUT2D eigenvalue weighted by Crippen LogP contribution is -2.36. The lowest BCUT2D eigenvalue weighted by atomic mass is 9.92. The van der Waals surface area contributed by atoms with Crippen molar-refractivity contribution in [1.29, 1.82) is 0 Å². The number of aromatic hydroxyl groups is 1. The van der Waals surface area contributed by atoms with Crippen LogP contribution in [0.5, 0.6) is 5.75 Å². The number of hydrogen-bond donors (Lipinski definition) is 3. The number of ether oxygens (including phenoxy) is 1. The van der Waals surface area contributed by atoms with Gasteiger partial charge in [0, 0.05) is 24.4 Å². The third kappa shape index (κ3) is 6.68. The highest BCUT2D eigenvalue weighted by atomic mass is 19.3. The quantitative estimate of drug-likeness (QED) is 0.323. The first-order valence-corrected chi connectivity index (χ1v) is 11.0. The van der Waals surface area contributed by atoms with Crippen LogP contribution in [-0.4, -0.2) is 28.3 Å². The molecular weight excluding hydrogens is 472 g/mol. The van der Waals surface area contributed by atoms with Crippen molar-refractivity contribution in [3.05, 3.63) is 94.5 Å². The fourth-order valence-corrected chi connectivity index (χ4v) is 3.42. The van der Waals surface area contributed by atoms with Gasteiger partial charge in [0.1, 0.15) is 5.75 Å². The molecule has 0 saturated carbocycles. The number of esters is 1. The molecule has 2 amide bonds. The summed E-state index contributed by atoms with van der Waals surface area (Å²) in [5, 5.41) is 14.7.